The van der Waals surface area contributed by atoms with Crippen LogP contribution in [0.15, 0.2) is 10.2 Å². The van der Waals surface area contributed by atoms with Gasteiger partial charge in [0.1, 0.15) is 11.6 Å². The number of aromatic nitrogens is 6. The van der Waals surface area contributed by atoms with Crippen LogP contribution < -0.4 is 5.32 Å². The van der Waals surface area contributed by atoms with Crippen molar-refractivity contribution < 1.29 is 9.53 Å². The molecule has 0 spiro atoms. The monoisotopic (exact) mass is 335 g/mol. The van der Waals surface area contributed by atoms with Gasteiger partial charge in [-0.05, 0) is 20.8 Å². The van der Waals surface area contributed by atoms with Gasteiger partial charge >= 0.3 is 6.09 Å². The van der Waals surface area contributed by atoms with Crippen LogP contribution >= 0.6 is 11.5 Å². The molecule has 0 aromatic carbocycles. The highest BCUT2D eigenvalue weighted by Crippen LogP contribution is 2.30. The van der Waals surface area contributed by atoms with Crippen molar-refractivity contribution in [2.24, 2.45) is 10.2 Å². The molecule has 0 aliphatic rings. The Kier molecular flexibility index (Phi) is 3.97. The van der Waals surface area contributed by atoms with Gasteiger partial charge in [-0.2, -0.15) is 4.37 Å². The number of hydrogen-bond donors (Lipinski definition) is 2. The van der Waals surface area contributed by atoms with E-state index in [4.69, 9.17) is 4.74 Å². The summed E-state index contributed by atoms with van der Waals surface area (Å²) in [5.74, 6) is 1.46. The second-order valence-corrected chi connectivity index (χ2v) is 5.15. The van der Waals surface area contributed by atoms with Crippen molar-refractivity contribution in [2.45, 2.75) is 20.8 Å². The van der Waals surface area contributed by atoms with Crippen molar-refractivity contribution in [1.82, 2.24) is 29.2 Å². The summed E-state index contributed by atoms with van der Waals surface area (Å²) in [6.07, 6.45) is -0.631. The average Bonchev–Trinajstić information content (AvgIpc) is 3.12. The summed E-state index contributed by atoms with van der Waals surface area (Å²) in [7, 11) is 0. The van der Waals surface area contributed by atoms with E-state index in [1.54, 1.807) is 20.8 Å². The molecule has 0 radical (unpaired) electrons. The van der Waals surface area contributed by atoms with Crippen LogP contribution in [-0.4, -0.2) is 41.9 Å². The van der Waals surface area contributed by atoms with E-state index in [0.29, 0.717) is 28.1 Å². The van der Waals surface area contributed by atoms with Crippen LogP contribution in [0.25, 0.3) is 5.65 Å². The predicted molar refractivity (Wildman–Crippen MR) is 81.5 cm³/mol. The van der Waals surface area contributed by atoms with Gasteiger partial charge in [-0.15, -0.1) is 25.1 Å². The molecule has 0 atom stereocenters. The van der Waals surface area contributed by atoms with Crippen molar-refractivity contribution >= 4 is 39.9 Å². The van der Waals surface area contributed by atoms with Gasteiger partial charge in [0.25, 0.3) is 0 Å². The lowest BCUT2D eigenvalue weighted by molar-refractivity contribution is 0.168. The number of H-pyrrole nitrogens is 1. The lowest BCUT2D eigenvalue weighted by Crippen LogP contribution is -2.13. The van der Waals surface area contributed by atoms with Crippen LogP contribution in [0, 0.1) is 13.8 Å². The van der Waals surface area contributed by atoms with E-state index in [9.17, 15) is 4.79 Å². The number of azo groups is 1. The van der Waals surface area contributed by atoms with Gasteiger partial charge < -0.3 is 9.72 Å². The molecule has 120 valence electrons. The Morgan fingerprint density at radius 3 is 2.91 bits per heavy atom. The van der Waals surface area contributed by atoms with E-state index in [-0.39, 0.29) is 12.4 Å². The molecule has 0 aliphatic carbocycles. The van der Waals surface area contributed by atoms with E-state index >= 15 is 0 Å². The Labute approximate surface area is 134 Å². The normalized spacial score (nSPS) is 11.4. The third-order valence-corrected chi connectivity index (χ3v) is 3.33. The third kappa shape index (κ3) is 3.15. The van der Waals surface area contributed by atoms with Gasteiger partial charge in [0, 0.05) is 11.5 Å². The Bertz CT molecular complexity index is 877. The number of anilines is 1. The first-order valence-corrected chi connectivity index (χ1v) is 7.45. The predicted octanol–water partition coefficient (Wildman–Crippen LogP) is 2.51. The zero-order valence-corrected chi connectivity index (χ0v) is 13.4. The minimum Gasteiger partial charge on any atom is -0.450 e. The number of ether oxygens (including phenoxy) is 1. The smallest absolute Gasteiger partial charge is 0.412 e. The fourth-order valence-corrected chi connectivity index (χ4v) is 2.29. The summed E-state index contributed by atoms with van der Waals surface area (Å²) < 4.78 is 10.2. The van der Waals surface area contributed by atoms with Crippen molar-refractivity contribution in [3.63, 3.8) is 0 Å². The summed E-state index contributed by atoms with van der Waals surface area (Å²) in [4.78, 5) is 18.7. The largest absolute Gasteiger partial charge is 0.450 e. The molecule has 3 aromatic heterocycles. The molecule has 0 fully saturated rings. The van der Waals surface area contributed by atoms with Crippen molar-refractivity contribution in [3.8, 4) is 0 Å². The molecule has 0 saturated carbocycles. The molecule has 3 heterocycles. The number of rotatable bonds is 4. The first-order chi connectivity index (χ1) is 11.1. The van der Waals surface area contributed by atoms with Gasteiger partial charge in [-0.25, -0.2) is 9.78 Å². The second-order valence-electron chi connectivity index (χ2n) is 4.42. The van der Waals surface area contributed by atoms with Crippen LogP contribution in [0.4, 0.5) is 21.4 Å². The SMILES string of the molecule is CCOC(=O)Nc1nn2nc(C)[nH]c2c1/N=N/c1nc(C)ns1. The quantitative estimate of drug-likeness (QED) is 0.703. The molecule has 2 N–H and O–H groups in total. The van der Waals surface area contributed by atoms with Gasteiger partial charge in [0.05, 0.1) is 6.61 Å². The van der Waals surface area contributed by atoms with Crippen LogP contribution in [-0.2, 0) is 4.74 Å². The van der Waals surface area contributed by atoms with Gasteiger partial charge in [0.2, 0.25) is 5.13 Å². The maximum Gasteiger partial charge on any atom is 0.412 e. The highest BCUT2D eigenvalue weighted by molar-refractivity contribution is 7.09. The Morgan fingerprint density at radius 1 is 1.39 bits per heavy atom. The van der Waals surface area contributed by atoms with Crippen LogP contribution in [0.1, 0.15) is 18.6 Å². The van der Waals surface area contributed by atoms with E-state index in [1.165, 1.54) is 4.63 Å². The van der Waals surface area contributed by atoms with E-state index in [0.717, 1.165) is 11.5 Å². The molecular weight excluding hydrogens is 322 g/mol. The lowest BCUT2D eigenvalue weighted by atomic mass is 10.5. The zero-order valence-electron chi connectivity index (χ0n) is 12.6. The molecular formula is C11H13N9O2S. The summed E-state index contributed by atoms with van der Waals surface area (Å²) in [6, 6.07) is 0. The maximum absolute atomic E-state index is 11.6. The van der Waals surface area contributed by atoms with E-state index in [2.05, 4.69) is 40.1 Å². The molecule has 12 heteroatoms. The van der Waals surface area contributed by atoms with Crippen LogP contribution in [0.2, 0.25) is 0 Å². The molecule has 0 bridgehead atoms. The first kappa shape index (κ1) is 15.0. The summed E-state index contributed by atoms with van der Waals surface area (Å²) in [5, 5.41) is 19.3. The molecule has 11 nitrogen and oxygen atoms in total. The van der Waals surface area contributed by atoms with E-state index in [1.807, 2.05) is 0 Å². The van der Waals surface area contributed by atoms with Crippen LogP contribution in [0.3, 0.4) is 0 Å². The van der Waals surface area contributed by atoms with Crippen LogP contribution in [0.5, 0.6) is 0 Å². The summed E-state index contributed by atoms with van der Waals surface area (Å²) >= 11 is 1.12. The Morgan fingerprint density at radius 2 is 2.22 bits per heavy atom. The molecule has 23 heavy (non-hydrogen) atoms. The fraction of sp³-hybridized carbons (Fsp3) is 0.364. The van der Waals surface area contributed by atoms with Gasteiger partial charge in [0.15, 0.2) is 17.2 Å². The lowest BCUT2D eigenvalue weighted by Gasteiger charge is -2.01. The number of carbonyl (C=O) groups excluding carboxylic acids is 1. The number of aryl methyl sites for hydroxylation is 2. The Hall–Kier alpha value is -2.89. The number of hydrogen-bond acceptors (Lipinski definition) is 9. The molecule has 3 aromatic rings. The molecule has 1 amide bonds. The second kappa shape index (κ2) is 6.08. The fourth-order valence-electron chi connectivity index (χ4n) is 1.78. The van der Waals surface area contributed by atoms with Gasteiger partial charge in [-0.3, -0.25) is 5.32 Å². The minimum absolute atomic E-state index is 0.187. The summed E-state index contributed by atoms with van der Waals surface area (Å²) in [5.41, 5.74) is 0.825. The Balaban J connectivity index is 1.97. The number of amides is 1. The summed E-state index contributed by atoms with van der Waals surface area (Å²) in [6.45, 7) is 5.50. The third-order valence-electron chi connectivity index (χ3n) is 2.64. The number of nitrogens with one attached hydrogen (secondary N) is 2. The number of nitrogens with zero attached hydrogens (tertiary/aromatic N) is 7. The van der Waals surface area contributed by atoms with Gasteiger partial charge in [-0.1, -0.05) is 0 Å². The number of fused-ring (bicyclic) bond motifs is 1. The van der Waals surface area contributed by atoms with Crippen molar-refractivity contribution in [1.29, 1.82) is 0 Å². The average molecular weight is 335 g/mol. The minimum atomic E-state index is -0.631. The molecule has 0 aliphatic heterocycles. The maximum atomic E-state index is 11.6. The van der Waals surface area contributed by atoms with Crippen molar-refractivity contribution in [3.05, 3.63) is 11.6 Å². The number of aromatic amines is 1. The highest BCUT2D eigenvalue weighted by Gasteiger charge is 2.18. The highest BCUT2D eigenvalue weighted by atomic mass is 32.1. The topological polar surface area (TPSA) is 135 Å². The molecule has 3 rings (SSSR count). The van der Waals surface area contributed by atoms with Crippen molar-refractivity contribution in [2.75, 3.05) is 11.9 Å². The van der Waals surface area contributed by atoms with E-state index < -0.39 is 6.09 Å². The number of carbonyl (C=O) groups is 1. The molecule has 0 unspecified atom stereocenters. The molecule has 0 saturated heterocycles. The zero-order chi connectivity index (χ0) is 16.4. The standard InChI is InChI=1S/C11H13N9O2S/c1-4-22-11(21)14-8-7(9-12-5(2)17-20(9)18-8)15-16-10-13-6(3)19-23-10/h4H2,1-3H3,(H,12,17)(H,14,18,21)/b16-15+. The first-order valence-electron chi connectivity index (χ1n) is 6.68.